The summed E-state index contributed by atoms with van der Waals surface area (Å²) < 4.78 is 5.69. The number of hydrogen-bond donors (Lipinski definition) is 1. The molecular weight excluding hydrogens is 200 g/mol. The lowest BCUT2D eigenvalue weighted by Gasteiger charge is -2.23. The Balaban J connectivity index is 1.97. The molecule has 0 spiro atoms. The monoisotopic (exact) mass is 214 g/mol. The third-order valence-corrected chi connectivity index (χ3v) is 2.91. The lowest BCUT2D eigenvalue weighted by Crippen LogP contribution is -2.33. The standard InChI is InChI=1S/C13H14N2O/c1-2-4-11-8-15-12(7-10(11)3-1)13-9-14-5-6-16-13/h1-4,7-8,13-14H,5-6,9H2. The molecule has 2 aromatic rings. The highest BCUT2D eigenvalue weighted by molar-refractivity contribution is 5.81. The summed E-state index contributed by atoms with van der Waals surface area (Å²) in [4.78, 5) is 4.47. The van der Waals surface area contributed by atoms with Crippen molar-refractivity contribution in [3.05, 3.63) is 42.2 Å². The number of nitrogens with one attached hydrogen (secondary N) is 1. The molecule has 1 unspecified atom stereocenters. The van der Waals surface area contributed by atoms with E-state index in [0.717, 1.165) is 25.4 Å². The Hall–Kier alpha value is -1.45. The van der Waals surface area contributed by atoms with Gasteiger partial charge in [0.15, 0.2) is 0 Å². The second kappa shape index (κ2) is 4.20. The van der Waals surface area contributed by atoms with E-state index >= 15 is 0 Å². The second-order valence-corrected chi connectivity index (χ2v) is 4.02. The smallest absolute Gasteiger partial charge is 0.112 e. The normalized spacial score (nSPS) is 21.1. The predicted molar refractivity (Wildman–Crippen MR) is 63.3 cm³/mol. The fourth-order valence-electron chi connectivity index (χ4n) is 2.03. The van der Waals surface area contributed by atoms with Crippen LogP contribution in [0.3, 0.4) is 0 Å². The zero-order chi connectivity index (χ0) is 10.8. The van der Waals surface area contributed by atoms with Gasteiger partial charge in [-0.25, -0.2) is 0 Å². The summed E-state index contributed by atoms with van der Waals surface area (Å²) in [6.45, 7) is 2.55. The van der Waals surface area contributed by atoms with Crippen molar-refractivity contribution in [3.63, 3.8) is 0 Å². The number of fused-ring (bicyclic) bond motifs is 1. The van der Waals surface area contributed by atoms with Crippen molar-refractivity contribution in [2.75, 3.05) is 19.7 Å². The molecule has 3 nitrogen and oxygen atoms in total. The second-order valence-electron chi connectivity index (χ2n) is 4.02. The van der Waals surface area contributed by atoms with E-state index in [0.29, 0.717) is 0 Å². The first kappa shape index (κ1) is 9.75. The van der Waals surface area contributed by atoms with Gasteiger partial charge in [-0.1, -0.05) is 24.3 Å². The maximum atomic E-state index is 5.69. The molecule has 3 rings (SSSR count). The first-order valence-corrected chi connectivity index (χ1v) is 5.60. The summed E-state index contributed by atoms with van der Waals surface area (Å²) in [5.41, 5.74) is 1.02. The number of ether oxygens (including phenoxy) is 1. The topological polar surface area (TPSA) is 34.1 Å². The SMILES string of the molecule is c1ccc2cc(C3CNCCO3)ncc2c1. The van der Waals surface area contributed by atoms with Crippen LogP contribution >= 0.6 is 0 Å². The molecule has 0 radical (unpaired) electrons. The van der Waals surface area contributed by atoms with E-state index in [9.17, 15) is 0 Å². The van der Waals surface area contributed by atoms with Gasteiger partial charge in [0.05, 0.1) is 12.3 Å². The molecule has 0 amide bonds. The van der Waals surface area contributed by atoms with Crippen LogP contribution in [0.1, 0.15) is 11.8 Å². The van der Waals surface area contributed by atoms with Crippen molar-refractivity contribution in [2.45, 2.75) is 6.10 Å². The molecule has 1 aliphatic heterocycles. The van der Waals surface area contributed by atoms with Crippen molar-refractivity contribution in [2.24, 2.45) is 0 Å². The summed E-state index contributed by atoms with van der Waals surface area (Å²) in [5, 5.41) is 5.72. The van der Waals surface area contributed by atoms with Crippen molar-refractivity contribution >= 4 is 10.8 Å². The summed E-state index contributed by atoms with van der Waals surface area (Å²) in [7, 11) is 0. The van der Waals surface area contributed by atoms with Crippen LogP contribution in [0, 0.1) is 0 Å². The van der Waals surface area contributed by atoms with Crippen LogP contribution in [-0.4, -0.2) is 24.7 Å². The molecule has 0 saturated carbocycles. The Labute approximate surface area is 94.5 Å². The molecule has 0 aliphatic carbocycles. The minimum absolute atomic E-state index is 0.0957. The van der Waals surface area contributed by atoms with Gasteiger partial charge in [0.2, 0.25) is 0 Å². The molecular formula is C13H14N2O. The van der Waals surface area contributed by atoms with Gasteiger partial charge in [0, 0.05) is 24.7 Å². The van der Waals surface area contributed by atoms with Gasteiger partial charge in [-0.05, 0) is 11.5 Å². The van der Waals surface area contributed by atoms with Crippen molar-refractivity contribution in [1.29, 1.82) is 0 Å². The van der Waals surface area contributed by atoms with Crippen molar-refractivity contribution < 1.29 is 4.74 Å². The first-order chi connectivity index (χ1) is 7.93. The molecule has 1 aromatic heterocycles. The Kier molecular flexibility index (Phi) is 2.56. The fraction of sp³-hybridized carbons (Fsp3) is 0.308. The zero-order valence-corrected chi connectivity index (χ0v) is 9.02. The summed E-state index contributed by atoms with van der Waals surface area (Å²) >= 11 is 0. The largest absolute Gasteiger partial charge is 0.369 e. The molecule has 1 aromatic carbocycles. The van der Waals surface area contributed by atoms with Crippen LogP contribution in [0.5, 0.6) is 0 Å². The van der Waals surface area contributed by atoms with Gasteiger partial charge >= 0.3 is 0 Å². The average molecular weight is 214 g/mol. The number of nitrogens with zero attached hydrogens (tertiary/aromatic N) is 1. The quantitative estimate of drug-likeness (QED) is 0.787. The zero-order valence-electron chi connectivity index (χ0n) is 9.02. The third-order valence-electron chi connectivity index (χ3n) is 2.91. The molecule has 3 heteroatoms. The minimum Gasteiger partial charge on any atom is -0.369 e. The van der Waals surface area contributed by atoms with E-state index in [1.807, 2.05) is 18.3 Å². The number of rotatable bonds is 1. The minimum atomic E-state index is 0.0957. The van der Waals surface area contributed by atoms with Gasteiger partial charge < -0.3 is 10.1 Å². The molecule has 0 bridgehead atoms. The van der Waals surface area contributed by atoms with E-state index in [1.54, 1.807) is 0 Å². The lowest BCUT2D eigenvalue weighted by molar-refractivity contribution is 0.0251. The van der Waals surface area contributed by atoms with Crippen LogP contribution in [-0.2, 0) is 4.74 Å². The Bertz CT molecular complexity index is 492. The molecule has 1 atom stereocenters. The average Bonchev–Trinajstić information content (AvgIpc) is 2.39. The van der Waals surface area contributed by atoms with Crippen LogP contribution in [0.4, 0.5) is 0 Å². The van der Waals surface area contributed by atoms with Crippen LogP contribution in [0.25, 0.3) is 10.8 Å². The van der Waals surface area contributed by atoms with Crippen molar-refractivity contribution in [3.8, 4) is 0 Å². The number of morpholine rings is 1. The fourth-order valence-corrected chi connectivity index (χ4v) is 2.03. The van der Waals surface area contributed by atoms with Crippen LogP contribution in [0.15, 0.2) is 36.5 Å². The molecule has 1 N–H and O–H groups in total. The van der Waals surface area contributed by atoms with Gasteiger partial charge in [-0.2, -0.15) is 0 Å². The predicted octanol–water partition coefficient (Wildman–Crippen LogP) is 1.90. The lowest BCUT2D eigenvalue weighted by atomic mass is 10.1. The summed E-state index contributed by atoms with van der Waals surface area (Å²) in [6.07, 6.45) is 2.01. The molecule has 1 fully saturated rings. The van der Waals surface area contributed by atoms with Gasteiger partial charge in [0.25, 0.3) is 0 Å². The Morgan fingerprint density at radius 2 is 2.12 bits per heavy atom. The summed E-state index contributed by atoms with van der Waals surface area (Å²) in [5.74, 6) is 0. The summed E-state index contributed by atoms with van der Waals surface area (Å²) in [6, 6.07) is 10.4. The van der Waals surface area contributed by atoms with E-state index in [4.69, 9.17) is 4.74 Å². The highest BCUT2D eigenvalue weighted by atomic mass is 16.5. The van der Waals surface area contributed by atoms with Gasteiger partial charge in [0.1, 0.15) is 6.10 Å². The Morgan fingerprint density at radius 3 is 2.94 bits per heavy atom. The van der Waals surface area contributed by atoms with E-state index in [1.165, 1.54) is 10.8 Å². The maximum absolute atomic E-state index is 5.69. The maximum Gasteiger partial charge on any atom is 0.112 e. The molecule has 1 aliphatic rings. The van der Waals surface area contributed by atoms with E-state index in [-0.39, 0.29) is 6.10 Å². The number of pyridine rings is 1. The third kappa shape index (κ3) is 1.79. The molecule has 82 valence electrons. The molecule has 2 heterocycles. The van der Waals surface area contributed by atoms with Crippen LogP contribution in [0.2, 0.25) is 0 Å². The number of benzene rings is 1. The van der Waals surface area contributed by atoms with Gasteiger partial charge in [-0.15, -0.1) is 0 Å². The van der Waals surface area contributed by atoms with Crippen molar-refractivity contribution in [1.82, 2.24) is 10.3 Å². The highest BCUT2D eigenvalue weighted by Gasteiger charge is 2.16. The highest BCUT2D eigenvalue weighted by Crippen LogP contribution is 2.20. The van der Waals surface area contributed by atoms with E-state index in [2.05, 4.69) is 28.5 Å². The molecule has 1 saturated heterocycles. The number of aromatic nitrogens is 1. The van der Waals surface area contributed by atoms with Gasteiger partial charge in [-0.3, -0.25) is 4.98 Å². The molecule has 16 heavy (non-hydrogen) atoms. The first-order valence-electron chi connectivity index (χ1n) is 5.60. The van der Waals surface area contributed by atoms with Crippen LogP contribution < -0.4 is 5.32 Å². The van der Waals surface area contributed by atoms with E-state index < -0.39 is 0 Å². The Morgan fingerprint density at radius 1 is 1.25 bits per heavy atom. The number of hydrogen-bond acceptors (Lipinski definition) is 3.